The second-order valence-electron chi connectivity index (χ2n) is 8.55. The summed E-state index contributed by atoms with van der Waals surface area (Å²) in [6.45, 7) is 4.28. The smallest absolute Gasteiger partial charge is 0.255 e. The Morgan fingerprint density at radius 2 is 1.95 bits per heavy atom. The number of aromatic nitrogens is 3. The second kappa shape index (κ2) is 11.6. The predicted molar refractivity (Wildman–Crippen MR) is 156 cm³/mol. The van der Waals surface area contributed by atoms with Gasteiger partial charge in [-0.2, -0.15) is 4.98 Å². The number of carbonyl (C=O) groups excluding carboxylic acids is 1. The molecule has 7 nitrogen and oxygen atoms in total. The van der Waals surface area contributed by atoms with Crippen LogP contribution in [0.4, 0.5) is 11.6 Å². The summed E-state index contributed by atoms with van der Waals surface area (Å²) in [6.07, 6.45) is 0. The summed E-state index contributed by atoms with van der Waals surface area (Å²) >= 11 is 11.4. The predicted octanol–water partition coefficient (Wildman–Crippen LogP) is 7.31. The number of rotatable bonds is 8. The SMILES string of the molecule is CCOc1ccccc1NC(=O)C1=C(C)Nc2nc(SCc3ccccc3Cl)nn2C1c1cccc(Br)c1. The Bertz CT molecular complexity index is 1520. The number of ether oxygens (including phenoxy) is 1. The number of thioether (sulfide) groups is 1. The lowest BCUT2D eigenvalue weighted by atomic mass is 9.95. The summed E-state index contributed by atoms with van der Waals surface area (Å²) in [6, 6.07) is 22.5. The number of amides is 1. The third-order valence-electron chi connectivity index (χ3n) is 5.99. The average molecular weight is 611 g/mol. The highest BCUT2D eigenvalue weighted by Gasteiger charge is 2.34. The van der Waals surface area contributed by atoms with Crippen molar-refractivity contribution in [2.24, 2.45) is 0 Å². The maximum absolute atomic E-state index is 13.8. The normalized spacial score (nSPS) is 14.6. The van der Waals surface area contributed by atoms with E-state index in [4.69, 9.17) is 26.4 Å². The van der Waals surface area contributed by atoms with Crippen molar-refractivity contribution in [2.75, 3.05) is 17.2 Å². The number of hydrogen-bond acceptors (Lipinski definition) is 6. The van der Waals surface area contributed by atoms with Gasteiger partial charge in [-0.05, 0) is 55.3 Å². The topological polar surface area (TPSA) is 81.1 Å². The molecule has 1 unspecified atom stereocenters. The van der Waals surface area contributed by atoms with Gasteiger partial charge in [0, 0.05) is 20.9 Å². The van der Waals surface area contributed by atoms with E-state index in [-0.39, 0.29) is 5.91 Å². The van der Waals surface area contributed by atoms with Crippen molar-refractivity contribution < 1.29 is 9.53 Å². The fraction of sp³-hybridized carbons (Fsp3) is 0.179. The molecule has 1 amide bonds. The number of nitrogens with zero attached hydrogens (tertiary/aromatic N) is 3. The van der Waals surface area contributed by atoms with Crippen LogP contribution in [0.1, 0.15) is 31.0 Å². The Labute approximate surface area is 238 Å². The molecule has 1 aromatic heterocycles. The van der Waals surface area contributed by atoms with Crippen molar-refractivity contribution in [2.45, 2.75) is 30.8 Å². The van der Waals surface area contributed by atoms with Gasteiger partial charge in [-0.25, -0.2) is 4.68 Å². The maximum atomic E-state index is 13.8. The first-order valence-electron chi connectivity index (χ1n) is 12.0. The fourth-order valence-corrected chi connectivity index (χ4v) is 5.80. The van der Waals surface area contributed by atoms with E-state index >= 15 is 0 Å². The molecule has 0 bridgehead atoms. The lowest BCUT2D eigenvalue weighted by molar-refractivity contribution is -0.113. The van der Waals surface area contributed by atoms with Gasteiger partial charge in [0.15, 0.2) is 0 Å². The van der Waals surface area contributed by atoms with Gasteiger partial charge < -0.3 is 15.4 Å². The molecule has 0 fully saturated rings. The first-order valence-corrected chi connectivity index (χ1v) is 14.2. The van der Waals surface area contributed by atoms with E-state index < -0.39 is 6.04 Å². The molecule has 3 aromatic carbocycles. The van der Waals surface area contributed by atoms with Crippen LogP contribution in [0.2, 0.25) is 5.02 Å². The number of fused-ring (bicyclic) bond motifs is 1. The van der Waals surface area contributed by atoms with E-state index in [0.717, 1.165) is 15.6 Å². The van der Waals surface area contributed by atoms with E-state index in [1.54, 1.807) is 4.68 Å². The summed E-state index contributed by atoms with van der Waals surface area (Å²) < 4.78 is 8.39. The van der Waals surface area contributed by atoms with Crippen LogP contribution in [0.3, 0.4) is 0 Å². The molecule has 1 aliphatic heterocycles. The lowest BCUT2D eigenvalue weighted by Gasteiger charge is -2.29. The summed E-state index contributed by atoms with van der Waals surface area (Å²) in [5.74, 6) is 1.56. The van der Waals surface area contributed by atoms with E-state index in [2.05, 4.69) is 26.6 Å². The zero-order chi connectivity index (χ0) is 26.6. The van der Waals surface area contributed by atoms with Gasteiger partial charge >= 0.3 is 0 Å². The van der Waals surface area contributed by atoms with E-state index in [9.17, 15) is 4.79 Å². The fourth-order valence-electron chi connectivity index (χ4n) is 4.27. The monoisotopic (exact) mass is 609 g/mol. The summed E-state index contributed by atoms with van der Waals surface area (Å²) in [5.41, 5.74) is 3.74. The van der Waals surface area contributed by atoms with Crippen LogP contribution in [-0.2, 0) is 10.5 Å². The molecule has 0 spiro atoms. The minimum Gasteiger partial charge on any atom is -0.492 e. The molecule has 0 aliphatic carbocycles. The number of halogens is 2. The Morgan fingerprint density at radius 3 is 2.74 bits per heavy atom. The number of carbonyl (C=O) groups is 1. The molecule has 2 N–H and O–H groups in total. The highest BCUT2D eigenvalue weighted by atomic mass is 79.9. The van der Waals surface area contributed by atoms with E-state index in [1.807, 2.05) is 86.6 Å². The minimum absolute atomic E-state index is 0.251. The molecule has 0 saturated carbocycles. The minimum atomic E-state index is -0.495. The van der Waals surface area contributed by atoms with Gasteiger partial charge in [0.25, 0.3) is 5.91 Å². The van der Waals surface area contributed by atoms with Gasteiger partial charge in [-0.3, -0.25) is 4.79 Å². The molecule has 5 rings (SSSR count). The molecule has 1 atom stereocenters. The molecule has 0 radical (unpaired) electrons. The molecule has 38 heavy (non-hydrogen) atoms. The third-order valence-corrected chi connectivity index (χ3v) is 7.74. The van der Waals surface area contributed by atoms with Gasteiger partial charge in [0.2, 0.25) is 11.1 Å². The molecule has 2 heterocycles. The van der Waals surface area contributed by atoms with Gasteiger partial charge in [-0.1, -0.05) is 81.8 Å². The zero-order valence-electron chi connectivity index (χ0n) is 20.7. The van der Waals surface area contributed by atoms with Gasteiger partial charge in [-0.15, -0.1) is 5.10 Å². The van der Waals surface area contributed by atoms with Crippen LogP contribution in [-0.4, -0.2) is 27.3 Å². The van der Waals surface area contributed by atoms with Crippen molar-refractivity contribution in [1.29, 1.82) is 0 Å². The van der Waals surface area contributed by atoms with E-state index in [0.29, 0.717) is 51.2 Å². The highest BCUT2D eigenvalue weighted by molar-refractivity contribution is 9.10. The molecule has 0 saturated heterocycles. The van der Waals surface area contributed by atoms with Crippen LogP contribution in [0, 0.1) is 0 Å². The van der Waals surface area contributed by atoms with Gasteiger partial charge in [0.1, 0.15) is 11.8 Å². The van der Waals surface area contributed by atoms with Crippen molar-refractivity contribution in [3.8, 4) is 5.75 Å². The van der Waals surface area contributed by atoms with Crippen molar-refractivity contribution >= 4 is 56.8 Å². The number of benzene rings is 3. The molecule has 1 aliphatic rings. The van der Waals surface area contributed by atoms with Crippen molar-refractivity contribution in [3.05, 3.63) is 105 Å². The van der Waals surface area contributed by atoms with Crippen LogP contribution >= 0.6 is 39.3 Å². The van der Waals surface area contributed by atoms with Crippen LogP contribution < -0.4 is 15.4 Å². The second-order valence-corrected chi connectivity index (χ2v) is 10.8. The number of para-hydroxylation sites is 2. The third kappa shape index (κ3) is 5.60. The zero-order valence-corrected chi connectivity index (χ0v) is 23.9. The van der Waals surface area contributed by atoms with Crippen molar-refractivity contribution in [1.82, 2.24) is 14.8 Å². The Balaban J connectivity index is 1.50. The first-order chi connectivity index (χ1) is 18.4. The number of anilines is 2. The maximum Gasteiger partial charge on any atom is 0.255 e. The molecule has 10 heteroatoms. The number of nitrogens with one attached hydrogen (secondary N) is 2. The van der Waals surface area contributed by atoms with E-state index in [1.165, 1.54) is 11.8 Å². The Morgan fingerprint density at radius 1 is 1.16 bits per heavy atom. The highest BCUT2D eigenvalue weighted by Crippen LogP contribution is 2.38. The van der Waals surface area contributed by atoms with Crippen LogP contribution in [0.25, 0.3) is 0 Å². The first kappa shape index (κ1) is 26.3. The van der Waals surface area contributed by atoms with Crippen LogP contribution in [0.5, 0.6) is 5.75 Å². The van der Waals surface area contributed by atoms with Gasteiger partial charge in [0.05, 0.1) is 17.9 Å². The quantitative estimate of drug-likeness (QED) is 0.204. The number of allylic oxidation sites excluding steroid dienone is 1. The lowest BCUT2D eigenvalue weighted by Crippen LogP contribution is -2.31. The molecule has 194 valence electrons. The molecular formula is C28H25BrClN5O2S. The summed E-state index contributed by atoms with van der Waals surface area (Å²) in [5, 5.41) is 12.4. The number of hydrogen-bond donors (Lipinski definition) is 2. The van der Waals surface area contributed by atoms with Crippen LogP contribution in [0.15, 0.2) is 93.7 Å². The van der Waals surface area contributed by atoms with Crippen molar-refractivity contribution in [3.63, 3.8) is 0 Å². The molecule has 4 aromatic rings. The largest absolute Gasteiger partial charge is 0.492 e. The summed E-state index contributed by atoms with van der Waals surface area (Å²) in [4.78, 5) is 18.5. The Hall–Kier alpha value is -3.27. The standard InChI is InChI=1S/C28H25BrClN5O2S/c1-3-37-23-14-7-6-13-22(23)32-26(36)24-17(2)31-27-33-28(38-16-19-9-4-5-12-21(19)30)34-35(27)25(24)18-10-8-11-20(29)15-18/h4-15,25H,3,16H2,1-2H3,(H,32,36)(H,31,33,34). The average Bonchev–Trinajstić information content (AvgIpc) is 3.31. The Kier molecular flexibility index (Phi) is 8.06. The summed E-state index contributed by atoms with van der Waals surface area (Å²) in [7, 11) is 0. The molecular weight excluding hydrogens is 586 g/mol.